The van der Waals surface area contributed by atoms with Crippen LogP contribution in [0, 0.1) is 0 Å². The Kier molecular flexibility index (Phi) is 5.69. The molecule has 0 aliphatic rings. The maximum atomic E-state index is 13.5. The van der Waals surface area contributed by atoms with Crippen molar-refractivity contribution in [3.63, 3.8) is 0 Å². The number of methoxy groups -OCH3 is 1. The summed E-state index contributed by atoms with van der Waals surface area (Å²) >= 11 is 0. The molecule has 0 fully saturated rings. The highest BCUT2D eigenvalue weighted by atomic mass is 19.3. The van der Waals surface area contributed by atoms with E-state index >= 15 is 0 Å². The number of ether oxygens (including phenoxy) is 2. The van der Waals surface area contributed by atoms with E-state index in [0.717, 1.165) is 15.9 Å². The van der Waals surface area contributed by atoms with Gasteiger partial charge in [-0.15, -0.1) is 0 Å². The Balaban J connectivity index is 1.67. The second-order valence-corrected chi connectivity index (χ2v) is 6.09. The van der Waals surface area contributed by atoms with Crippen LogP contribution in [0.4, 0.5) is 8.78 Å². The minimum Gasteiger partial charge on any atom is -0.497 e. The second kappa shape index (κ2) is 8.16. The zero-order chi connectivity index (χ0) is 19.4. The van der Waals surface area contributed by atoms with Crippen molar-refractivity contribution in [2.75, 3.05) is 7.11 Å². The van der Waals surface area contributed by atoms with E-state index in [4.69, 9.17) is 9.47 Å². The molecule has 0 amide bonds. The molecule has 0 bridgehead atoms. The highest BCUT2D eigenvalue weighted by Gasteiger charge is 2.24. The van der Waals surface area contributed by atoms with Crippen LogP contribution in [0.25, 0.3) is 11.0 Å². The molecule has 1 unspecified atom stereocenters. The molecule has 3 aromatic rings. The topological polar surface area (TPSA) is 53.4 Å². The van der Waals surface area contributed by atoms with Gasteiger partial charge in [-0.3, -0.25) is 9.36 Å². The van der Waals surface area contributed by atoms with Crippen molar-refractivity contribution in [2.45, 2.75) is 32.4 Å². The lowest BCUT2D eigenvalue weighted by atomic mass is 10.1. The SMILES string of the molecule is COc1ccc(CCC(=O)OC(C)c2nc3ccccc3n2C(F)F)cc1. The fourth-order valence-corrected chi connectivity index (χ4v) is 2.90. The molecule has 0 radical (unpaired) electrons. The Morgan fingerprint density at radius 3 is 2.52 bits per heavy atom. The van der Waals surface area contributed by atoms with Crippen LogP contribution in [0.1, 0.15) is 37.4 Å². The molecule has 0 aliphatic carbocycles. The first-order chi connectivity index (χ1) is 13.0. The van der Waals surface area contributed by atoms with Crippen LogP contribution in [-0.4, -0.2) is 22.6 Å². The van der Waals surface area contributed by atoms with Gasteiger partial charge < -0.3 is 9.47 Å². The summed E-state index contributed by atoms with van der Waals surface area (Å²) in [6.07, 6.45) is -0.249. The number of carbonyl (C=O) groups is 1. The van der Waals surface area contributed by atoms with Crippen LogP contribution in [0.15, 0.2) is 48.5 Å². The zero-order valence-electron chi connectivity index (χ0n) is 15.1. The first kappa shape index (κ1) is 18.8. The van der Waals surface area contributed by atoms with Crippen LogP contribution in [0.3, 0.4) is 0 Å². The van der Waals surface area contributed by atoms with Gasteiger partial charge in [0.1, 0.15) is 5.75 Å². The van der Waals surface area contributed by atoms with E-state index in [9.17, 15) is 13.6 Å². The van der Waals surface area contributed by atoms with Gasteiger partial charge >= 0.3 is 12.5 Å². The molecular formula is C20H20F2N2O3. The number of imidazole rings is 1. The number of hydrogen-bond donors (Lipinski definition) is 0. The van der Waals surface area contributed by atoms with Crippen LogP contribution in [-0.2, 0) is 16.0 Å². The molecule has 0 spiro atoms. The molecule has 3 rings (SSSR count). The number of hydrogen-bond acceptors (Lipinski definition) is 4. The van der Waals surface area contributed by atoms with Gasteiger partial charge in [0.2, 0.25) is 0 Å². The summed E-state index contributed by atoms with van der Waals surface area (Å²) in [5.41, 5.74) is 1.71. The fraction of sp³-hybridized carbons (Fsp3) is 0.300. The first-order valence-electron chi connectivity index (χ1n) is 8.57. The molecular weight excluding hydrogens is 354 g/mol. The molecule has 0 aliphatic heterocycles. The van der Waals surface area contributed by atoms with Gasteiger partial charge in [0.05, 0.1) is 18.1 Å². The van der Waals surface area contributed by atoms with Crippen LogP contribution in [0.5, 0.6) is 5.75 Å². The smallest absolute Gasteiger partial charge is 0.320 e. The normalized spacial score (nSPS) is 12.3. The van der Waals surface area contributed by atoms with Gasteiger partial charge in [-0.1, -0.05) is 24.3 Å². The van der Waals surface area contributed by atoms with E-state index in [-0.39, 0.29) is 12.2 Å². The van der Waals surface area contributed by atoms with E-state index < -0.39 is 18.6 Å². The van der Waals surface area contributed by atoms with Crippen molar-refractivity contribution in [3.8, 4) is 5.75 Å². The predicted octanol–water partition coefficient (Wildman–Crippen LogP) is 4.68. The number of rotatable bonds is 7. The van der Waals surface area contributed by atoms with E-state index in [1.807, 2.05) is 24.3 Å². The molecule has 0 N–H and O–H groups in total. The van der Waals surface area contributed by atoms with Gasteiger partial charge in [-0.2, -0.15) is 8.78 Å². The number of aromatic nitrogens is 2. The number of para-hydroxylation sites is 2. The summed E-state index contributed by atoms with van der Waals surface area (Å²) in [5.74, 6) is 0.302. The van der Waals surface area contributed by atoms with Gasteiger partial charge in [-0.25, -0.2) is 4.98 Å². The van der Waals surface area contributed by atoms with Crippen molar-refractivity contribution in [1.29, 1.82) is 0 Å². The molecule has 1 aromatic heterocycles. The summed E-state index contributed by atoms with van der Waals surface area (Å²) in [5, 5.41) is 0. The number of carbonyl (C=O) groups excluding carboxylic acids is 1. The van der Waals surface area contributed by atoms with Crippen molar-refractivity contribution in [3.05, 3.63) is 59.9 Å². The van der Waals surface area contributed by atoms with Gasteiger partial charge in [0, 0.05) is 6.42 Å². The van der Waals surface area contributed by atoms with Crippen LogP contribution >= 0.6 is 0 Å². The van der Waals surface area contributed by atoms with E-state index in [0.29, 0.717) is 17.5 Å². The number of fused-ring (bicyclic) bond motifs is 1. The second-order valence-electron chi connectivity index (χ2n) is 6.09. The van der Waals surface area contributed by atoms with Crippen molar-refractivity contribution in [1.82, 2.24) is 9.55 Å². The number of halogens is 2. The lowest BCUT2D eigenvalue weighted by Crippen LogP contribution is -2.15. The Morgan fingerprint density at radius 2 is 1.85 bits per heavy atom. The van der Waals surface area contributed by atoms with Crippen LogP contribution in [0.2, 0.25) is 0 Å². The Morgan fingerprint density at radius 1 is 1.15 bits per heavy atom. The zero-order valence-corrected chi connectivity index (χ0v) is 15.1. The van der Waals surface area contributed by atoms with E-state index in [1.54, 1.807) is 38.3 Å². The highest BCUT2D eigenvalue weighted by Crippen LogP contribution is 2.28. The van der Waals surface area contributed by atoms with Crippen molar-refractivity contribution in [2.24, 2.45) is 0 Å². The molecule has 5 nitrogen and oxygen atoms in total. The Hall–Kier alpha value is -2.96. The summed E-state index contributed by atoms with van der Waals surface area (Å²) < 4.78 is 38.2. The van der Waals surface area contributed by atoms with Crippen LogP contribution < -0.4 is 4.74 Å². The van der Waals surface area contributed by atoms with Crippen molar-refractivity contribution >= 4 is 17.0 Å². The third-order valence-corrected chi connectivity index (χ3v) is 4.27. The predicted molar refractivity (Wildman–Crippen MR) is 96.8 cm³/mol. The first-order valence-corrected chi connectivity index (χ1v) is 8.57. The minimum atomic E-state index is -2.77. The largest absolute Gasteiger partial charge is 0.497 e. The lowest BCUT2D eigenvalue weighted by Gasteiger charge is -2.15. The molecule has 1 atom stereocenters. The standard InChI is InChI=1S/C20H20F2N2O3/c1-13(19-23-16-5-3-4-6-17(16)24(19)20(21)22)27-18(25)12-9-14-7-10-15(26-2)11-8-14/h3-8,10-11,13,20H,9,12H2,1-2H3. The average molecular weight is 374 g/mol. The number of aryl methyl sites for hydroxylation is 1. The van der Waals surface area contributed by atoms with Gasteiger partial charge in [0.15, 0.2) is 11.9 Å². The van der Waals surface area contributed by atoms with Crippen molar-refractivity contribution < 1.29 is 23.0 Å². The molecule has 1 heterocycles. The summed E-state index contributed by atoms with van der Waals surface area (Å²) in [6.45, 7) is -1.22. The third-order valence-electron chi connectivity index (χ3n) is 4.27. The highest BCUT2D eigenvalue weighted by molar-refractivity contribution is 5.76. The molecule has 0 saturated carbocycles. The monoisotopic (exact) mass is 374 g/mol. The maximum Gasteiger partial charge on any atom is 0.320 e. The summed E-state index contributed by atoms with van der Waals surface area (Å²) in [4.78, 5) is 16.4. The number of esters is 1. The molecule has 2 aromatic carbocycles. The minimum absolute atomic E-state index is 0.0315. The van der Waals surface area contributed by atoms with Gasteiger partial charge in [0.25, 0.3) is 0 Å². The molecule has 27 heavy (non-hydrogen) atoms. The summed E-state index contributed by atoms with van der Waals surface area (Å²) in [7, 11) is 1.58. The Bertz CT molecular complexity index is 923. The third kappa shape index (κ3) is 4.24. The molecule has 142 valence electrons. The average Bonchev–Trinajstić information content (AvgIpc) is 3.07. The Labute approximate surface area is 155 Å². The van der Waals surface area contributed by atoms with E-state index in [2.05, 4.69) is 4.98 Å². The van der Waals surface area contributed by atoms with E-state index in [1.165, 1.54) is 0 Å². The number of nitrogens with zero attached hydrogens (tertiary/aromatic N) is 2. The quantitative estimate of drug-likeness (QED) is 0.564. The number of alkyl halides is 2. The molecule has 0 saturated heterocycles. The lowest BCUT2D eigenvalue weighted by molar-refractivity contribution is -0.149. The van der Waals surface area contributed by atoms with Gasteiger partial charge in [-0.05, 0) is 43.2 Å². The fourth-order valence-electron chi connectivity index (χ4n) is 2.90. The number of benzene rings is 2. The maximum absolute atomic E-state index is 13.5. The summed E-state index contributed by atoms with van der Waals surface area (Å²) in [6, 6.07) is 14.0. The molecule has 7 heteroatoms.